The highest BCUT2D eigenvalue weighted by Crippen LogP contribution is 2.40. The van der Waals surface area contributed by atoms with Gasteiger partial charge in [-0.1, -0.05) is 42.8 Å². The number of carbonyl (C=O) groups excluding carboxylic acids is 1. The number of benzene rings is 1. The molecule has 0 spiro atoms. The second kappa shape index (κ2) is 27.1. The third-order valence-corrected chi connectivity index (χ3v) is 17.8. The van der Waals surface area contributed by atoms with Gasteiger partial charge in [0.2, 0.25) is 0 Å². The van der Waals surface area contributed by atoms with Crippen LogP contribution in [0.25, 0.3) is 5.69 Å². The summed E-state index contributed by atoms with van der Waals surface area (Å²) in [5, 5.41) is 62.3. The van der Waals surface area contributed by atoms with Crippen molar-refractivity contribution in [1.82, 2.24) is 39.8 Å². The average molecular weight is 1190 g/mol. The third-order valence-electron chi connectivity index (χ3n) is 16.3. The molecule has 3 aliphatic heterocycles. The number of cyclic esters (lactones) is 1. The van der Waals surface area contributed by atoms with E-state index in [0.29, 0.717) is 57.3 Å². The highest BCUT2D eigenvalue weighted by Gasteiger charge is 2.49. The van der Waals surface area contributed by atoms with E-state index in [2.05, 4.69) is 46.3 Å². The first-order chi connectivity index (χ1) is 35.8. The minimum atomic E-state index is -1.79. The zero-order valence-corrected chi connectivity index (χ0v) is 49.2. The summed E-state index contributed by atoms with van der Waals surface area (Å²) >= 11 is 1.87. The molecule has 76 heavy (non-hydrogen) atoms. The number of hydrogen-bond acceptors (Lipinski definition) is 18. The molecule has 18 atom stereocenters. The van der Waals surface area contributed by atoms with Crippen LogP contribution in [0.15, 0.2) is 36.7 Å². The van der Waals surface area contributed by atoms with Crippen molar-refractivity contribution in [3.05, 3.63) is 53.6 Å². The molecule has 3 saturated heterocycles. The van der Waals surface area contributed by atoms with Crippen LogP contribution in [0, 0.1) is 11.8 Å². The molecule has 22 heteroatoms. The van der Waals surface area contributed by atoms with Gasteiger partial charge in [-0.25, -0.2) is 13.8 Å². The predicted molar refractivity (Wildman–Crippen MR) is 289 cm³/mol. The summed E-state index contributed by atoms with van der Waals surface area (Å²) in [5.74, 6) is -1.43. The van der Waals surface area contributed by atoms with E-state index >= 15 is 0 Å². The Kier molecular flexibility index (Phi) is 22.2. The number of aliphatic hydroxyl groups excluding tert-OH is 3. The van der Waals surface area contributed by atoms with Crippen molar-refractivity contribution in [2.24, 2.45) is 11.8 Å². The van der Waals surface area contributed by atoms with Crippen LogP contribution in [0.1, 0.15) is 149 Å². The lowest BCUT2D eigenvalue weighted by Gasteiger charge is -2.45. The number of alkyl halides is 2. The van der Waals surface area contributed by atoms with Crippen molar-refractivity contribution in [2.45, 2.75) is 214 Å². The molecule has 2 aromatic heterocycles. The molecule has 430 valence electrons. The van der Waals surface area contributed by atoms with Gasteiger partial charge in [0.1, 0.15) is 48.4 Å². The predicted octanol–water partition coefficient (Wildman–Crippen LogP) is 6.21. The summed E-state index contributed by atoms with van der Waals surface area (Å²) in [7, 11) is 7.02. The fourth-order valence-electron chi connectivity index (χ4n) is 11.2. The molecule has 1 aromatic carbocycles. The van der Waals surface area contributed by atoms with Crippen LogP contribution in [0.3, 0.4) is 0 Å². The summed E-state index contributed by atoms with van der Waals surface area (Å²) in [6.07, 6.45) is 2.23. The van der Waals surface area contributed by atoms with Crippen LogP contribution in [-0.4, -0.2) is 190 Å². The van der Waals surface area contributed by atoms with Gasteiger partial charge in [-0.3, -0.25) is 4.79 Å². The molecule has 20 nitrogen and oxygen atoms in total. The molecule has 3 aromatic rings. The van der Waals surface area contributed by atoms with Crippen LogP contribution in [0.2, 0.25) is 0 Å². The second-order valence-corrected chi connectivity index (χ2v) is 23.8. The lowest BCUT2D eigenvalue weighted by atomic mass is 9.85. The molecule has 4 N–H and O–H groups in total. The summed E-state index contributed by atoms with van der Waals surface area (Å²) in [4.78, 5) is 18.3. The van der Waals surface area contributed by atoms with Crippen LogP contribution >= 0.6 is 22.6 Å². The highest BCUT2D eigenvalue weighted by atomic mass is 127. The van der Waals surface area contributed by atoms with E-state index in [1.165, 1.54) is 18.7 Å². The van der Waals surface area contributed by atoms with Crippen LogP contribution in [0.4, 0.5) is 4.39 Å². The fraction of sp³-hybridized carbons (Fsp3) is 0.796. The van der Waals surface area contributed by atoms with Crippen molar-refractivity contribution < 1.29 is 62.8 Å². The number of nitrogens with zero attached hydrogens (tertiary/aromatic N) is 8. The molecular weight excluding hydrogens is 1100 g/mol. The summed E-state index contributed by atoms with van der Waals surface area (Å²) in [6, 6.07) is 6.43. The smallest absolute Gasteiger partial charge is 0.312 e. The van der Waals surface area contributed by atoms with Gasteiger partial charge in [-0.2, -0.15) is 0 Å². The summed E-state index contributed by atoms with van der Waals surface area (Å²) in [5.41, 5.74) is -0.758. The number of ether oxygens (including phenoxy) is 7. The zero-order chi connectivity index (χ0) is 55.9. The quantitative estimate of drug-likeness (QED) is 0.0630. The number of likely N-dealkylation sites (N-methyl/N-ethyl adjacent to an activating group) is 2. The molecule has 5 heterocycles. The van der Waals surface area contributed by atoms with Gasteiger partial charge in [0.25, 0.3) is 0 Å². The Bertz CT molecular complexity index is 2260. The van der Waals surface area contributed by atoms with Gasteiger partial charge in [0.05, 0.1) is 53.0 Å². The van der Waals surface area contributed by atoms with Crippen molar-refractivity contribution in [3.8, 4) is 5.69 Å². The molecule has 3 fully saturated rings. The van der Waals surface area contributed by atoms with Crippen molar-refractivity contribution >= 4 is 28.6 Å². The van der Waals surface area contributed by atoms with E-state index in [4.69, 9.17) is 33.2 Å². The van der Waals surface area contributed by atoms with Gasteiger partial charge >= 0.3 is 5.97 Å². The van der Waals surface area contributed by atoms with Crippen LogP contribution < -0.4 is 0 Å². The molecule has 1 unspecified atom stereocenters. The van der Waals surface area contributed by atoms with Crippen LogP contribution in [0.5, 0.6) is 0 Å². The number of aliphatic hydroxyl groups is 4. The Labute approximate surface area is 462 Å². The first-order valence-corrected chi connectivity index (χ1v) is 28.3. The second-order valence-electron chi connectivity index (χ2n) is 22.7. The lowest BCUT2D eigenvalue weighted by molar-refractivity contribution is -0.292. The molecule has 0 bridgehead atoms. The highest BCUT2D eigenvalue weighted by molar-refractivity contribution is 14.1. The Morgan fingerprint density at radius 2 is 1.68 bits per heavy atom. The maximum atomic E-state index is 15.0. The van der Waals surface area contributed by atoms with Gasteiger partial charge in [-0.15, -0.1) is 10.2 Å². The van der Waals surface area contributed by atoms with E-state index in [-0.39, 0.29) is 24.5 Å². The monoisotopic (exact) mass is 1190 g/mol. The number of esters is 1. The molecule has 0 saturated carbocycles. The number of carbonyl (C=O) groups is 1. The van der Waals surface area contributed by atoms with Gasteiger partial charge < -0.3 is 63.4 Å². The fourth-order valence-corrected chi connectivity index (χ4v) is 11.9. The normalized spacial score (nSPS) is 36.0. The molecule has 0 radical (unpaired) electrons. The zero-order valence-electron chi connectivity index (χ0n) is 47.0. The maximum absolute atomic E-state index is 15.0. The van der Waals surface area contributed by atoms with Gasteiger partial charge in [-0.05, 0) is 141 Å². The minimum absolute atomic E-state index is 0.0286. The Morgan fingerprint density at radius 3 is 2.33 bits per heavy atom. The number of hydrogen-bond donors (Lipinski definition) is 4. The first kappa shape index (κ1) is 62.3. The number of methoxy groups -OCH3 is 2. The molecule has 0 amide bonds. The SMILES string of the molecule is CCCC(O[C@@]1(C)CC[C@H](O[C@H]2C[C@@](C)(OC)[C@@H](O)[C@H](C)O2)[C@@H](C)C(=O)O[C@H](I)[C@@](C)(O)[C@H](O)[C@@H](C)N(C)C[C@H](C)C1)c1cn(-c2ccc([C@@H](OC)[C@@H](CF)n3cc(CCN(C)[C@H]4C[C@@H](C)O[C@@H](O)C4)nn3)cc2)nn1. The third kappa shape index (κ3) is 15.3. The van der Waals surface area contributed by atoms with Crippen molar-refractivity contribution in [1.29, 1.82) is 0 Å². The van der Waals surface area contributed by atoms with Gasteiger partial charge in [0.15, 0.2) is 16.7 Å². The molecule has 6 rings (SSSR count). The Hall–Kier alpha value is -2.85. The van der Waals surface area contributed by atoms with Gasteiger partial charge in [0, 0.05) is 64.9 Å². The summed E-state index contributed by atoms with van der Waals surface area (Å²) < 4.78 is 60.4. The van der Waals surface area contributed by atoms with Crippen molar-refractivity contribution in [2.75, 3.05) is 48.1 Å². The number of aromatic nitrogens is 6. The van der Waals surface area contributed by atoms with E-state index in [9.17, 15) is 29.6 Å². The Balaban J connectivity index is 1.21. The number of rotatable bonds is 18. The van der Waals surface area contributed by atoms with Crippen LogP contribution in [-0.2, 0) is 44.4 Å². The van der Waals surface area contributed by atoms with E-state index < -0.39 is 101 Å². The first-order valence-electron chi connectivity index (χ1n) is 27.1. The standard InChI is InChI=1S/C54H88FIN8O12/c1-14-15-44(41-31-63(60-58-41)39-18-16-37(17-19-39)47(70-12)42(28-55)64-30-38(57-59-64)21-23-61(10)40-24-33(3)72-45(65)25-40)76-52(7)22-20-43(74-46-27-53(8,71-13)49(67)36(6)73-46)34(4)50(68)75-51(56)54(9,69)48(66)35(5)62(11)29-32(2)26-52/h16-19,30-36,40,42-49,51,65-67,69H,14-15,20-29H2,1-13H3/t32-,33-,34-,35-,36+,40+,42-,43+,44?,45-,46+,47-,48-,49+,51+,52+,53-,54+/m1/s1. The Morgan fingerprint density at radius 1 is 0.974 bits per heavy atom. The maximum Gasteiger partial charge on any atom is 0.312 e. The number of halogens is 2. The van der Waals surface area contributed by atoms with E-state index in [0.717, 1.165) is 29.8 Å². The lowest BCUT2D eigenvalue weighted by Crippen LogP contribution is -2.57. The average Bonchev–Trinajstić information content (AvgIpc) is 4.07. The van der Waals surface area contributed by atoms with E-state index in [1.807, 2.05) is 85.9 Å². The molecule has 3 aliphatic rings. The van der Waals surface area contributed by atoms with Crippen molar-refractivity contribution in [3.63, 3.8) is 0 Å². The largest absolute Gasteiger partial charge is 0.448 e. The molecule has 0 aliphatic carbocycles. The summed E-state index contributed by atoms with van der Waals surface area (Å²) in [6.45, 7) is 17.4. The van der Waals surface area contributed by atoms with E-state index in [1.54, 1.807) is 38.8 Å². The molecular formula is C54H88FIN8O12. The minimum Gasteiger partial charge on any atom is -0.448 e. The topological polar surface area (TPSA) is 230 Å².